The number of nitrogens with two attached hydrogens (primary N) is 1. The van der Waals surface area contributed by atoms with Crippen molar-refractivity contribution in [3.8, 4) is 0 Å². The largest absolute Gasteiger partial charge is 0.328 e. The van der Waals surface area contributed by atoms with Crippen molar-refractivity contribution in [1.82, 2.24) is 4.98 Å². The van der Waals surface area contributed by atoms with Crippen LogP contribution in [0, 0.1) is 0 Å². The second kappa shape index (κ2) is 4.50. The number of aromatic nitrogens is 1. The third kappa shape index (κ3) is 1.84. The third-order valence-corrected chi connectivity index (χ3v) is 3.75. The van der Waals surface area contributed by atoms with Gasteiger partial charge in [-0.25, -0.2) is 4.39 Å². The maximum Gasteiger partial charge on any atom is 0.131 e. The maximum absolute atomic E-state index is 14.6. The molecular formula is C13H19FN2. The first-order valence-electron chi connectivity index (χ1n) is 6.04. The van der Waals surface area contributed by atoms with Crippen LogP contribution in [0.3, 0.4) is 0 Å². The van der Waals surface area contributed by atoms with Gasteiger partial charge in [0.1, 0.15) is 5.67 Å². The second-order valence-corrected chi connectivity index (χ2v) is 4.58. The van der Waals surface area contributed by atoms with Gasteiger partial charge in [0.05, 0.1) is 0 Å². The third-order valence-electron chi connectivity index (χ3n) is 3.75. The molecule has 1 aliphatic carbocycles. The van der Waals surface area contributed by atoms with Crippen LogP contribution in [0.2, 0.25) is 0 Å². The molecule has 0 aromatic carbocycles. The van der Waals surface area contributed by atoms with E-state index >= 15 is 0 Å². The van der Waals surface area contributed by atoms with Crippen LogP contribution in [0.5, 0.6) is 0 Å². The van der Waals surface area contributed by atoms with Crippen molar-refractivity contribution >= 4 is 0 Å². The minimum atomic E-state index is -1.29. The number of halogens is 1. The predicted molar refractivity (Wildman–Crippen MR) is 63.1 cm³/mol. The van der Waals surface area contributed by atoms with Crippen molar-refractivity contribution in [1.29, 1.82) is 0 Å². The molecule has 2 nitrogen and oxygen atoms in total. The molecular weight excluding hydrogens is 203 g/mol. The Morgan fingerprint density at radius 3 is 3.12 bits per heavy atom. The first kappa shape index (κ1) is 11.5. The van der Waals surface area contributed by atoms with E-state index in [9.17, 15) is 4.39 Å². The van der Waals surface area contributed by atoms with Crippen LogP contribution in [0.15, 0.2) is 18.3 Å². The highest BCUT2D eigenvalue weighted by Gasteiger charge is 2.40. The summed E-state index contributed by atoms with van der Waals surface area (Å²) in [5.41, 5.74) is 6.45. The van der Waals surface area contributed by atoms with Crippen LogP contribution in [0.1, 0.15) is 43.4 Å². The lowest BCUT2D eigenvalue weighted by Gasteiger charge is -2.35. The highest BCUT2D eigenvalue weighted by atomic mass is 19.1. The smallest absolute Gasteiger partial charge is 0.131 e. The van der Waals surface area contributed by atoms with Gasteiger partial charge in [-0.3, -0.25) is 4.98 Å². The Balaban J connectivity index is 2.38. The molecule has 16 heavy (non-hydrogen) atoms. The lowest BCUT2D eigenvalue weighted by Crippen LogP contribution is -2.40. The van der Waals surface area contributed by atoms with Crippen molar-refractivity contribution in [3.05, 3.63) is 29.6 Å². The Labute approximate surface area is 96.1 Å². The van der Waals surface area contributed by atoms with Crippen molar-refractivity contribution in [3.63, 3.8) is 0 Å². The molecule has 0 bridgehead atoms. The highest BCUT2D eigenvalue weighted by molar-refractivity contribution is 5.28. The Kier molecular flexibility index (Phi) is 3.24. The Morgan fingerprint density at radius 2 is 2.44 bits per heavy atom. The summed E-state index contributed by atoms with van der Waals surface area (Å²) in [4.78, 5) is 4.37. The van der Waals surface area contributed by atoms with Gasteiger partial charge >= 0.3 is 0 Å². The molecule has 1 heterocycles. The summed E-state index contributed by atoms with van der Waals surface area (Å²) in [5.74, 6) is -0.118. The summed E-state index contributed by atoms with van der Waals surface area (Å²) in [5, 5.41) is 0. The van der Waals surface area contributed by atoms with E-state index in [0.717, 1.165) is 25.0 Å². The predicted octanol–water partition coefficient (Wildman–Crippen LogP) is 2.58. The molecule has 1 aromatic rings. The van der Waals surface area contributed by atoms with Gasteiger partial charge in [0.15, 0.2) is 0 Å². The quantitative estimate of drug-likeness (QED) is 0.853. The molecule has 0 aliphatic heterocycles. The van der Waals surface area contributed by atoms with E-state index in [0.29, 0.717) is 6.42 Å². The molecule has 1 aliphatic rings. The highest BCUT2D eigenvalue weighted by Crippen LogP contribution is 2.41. The molecule has 0 fully saturated rings. The van der Waals surface area contributed by atoms with E-state index in [2.05, 4.69) is 11.1 Å². The van der Waals surface area contributed by atoms with Crippen LogP contribution in [-0.2, 0) is 6.42 Å². The molecule has 2 rings (SSSR count). The zero-order valence-corrected chi connectivity index (χ0v) is 9.75. The molecule has 2 N–H and O–H groups in total. The SMILES string of the molecule is CCC(F)(CN)C1CCCc2cccnc21. The van der Waals surface area contributed by atoms with Crippen LogP contribution < -0.4 is 5.73 Å². The first-order valence-corrected chi connectivity index (χ1v) is 6.04. The van der Waals surface area contributed by atoms with E-state index < -0.39 is 5.67 Å². The molecule has 3 heteroatoms. The van der Waals surface area contributed by atoms with Gasteiger partial charge in [0.25, 0.3) is 0 Å². The average Bonchev–Trinajstić information content (AvgIpc) is 2.37. The number of alkyl halides is 1. The summed E-state index contributed by atoms with van der Waals surface area (Å²) in [6, 6.07) is 3.98. The van der Waals surface area contributed by atoms with Gasteiger partial charge < -0.3 is 5.73 Å². The monoisotopic (exact) mass is 222 g/mol. The van der Waals surface area contributed by atoms with Gasteiger partial charge in [-0.1, -0.05) is 13.0 Å². The lowest BCUT2D eigenvalue weighted by molar-refractivity contribution is 0.114. The van der Waals surface area contributed by atoms with E-state index in [4.69, 9.17) is 5.73 Å². The van der Waals surface area contributed by atoms with E-state index in [-0.39, 0.29) is 12.5 Å². The topological polar surface area (TPSA) is 38.9 Å². The van der Waals surface area contributed by atoms with Gasteiger partial charge in [-0.2, -0.15) is 0 Å². The molecule has 1 aromatic heterocycles. The fourth-order valence-electron chi connectivity index (χ4n) is 2.65. The van der Waals surface area contributed by atoms with Gasteiger partial charge in [-0.15, -0.1) is 0 Å². The fraction of sp³-hybridized carbons (Fsp3) is 0.615. The maximum atomic E-state index is 14.6. The minimum absolute atomic E-state index is 0.0875. The summed E-state index contributed by atoms with van der Waals surface area (Å²) in [7, 11) is 0. The number of aryl methyl sites for hydroxylation is 1. The molecule has 2 atom stereocenters. The normalized spacial score (nSPS) is 23.6. The van der Waals surface area contributed by atoms with Crippen molar-refractivity contribution < 1.29 is 4.39 Å². The Morgan fingerprint density at radius 1 is 1.62 bits per heavy atom. The molecule has 0 radical (unpaired) electrons. The molecule has 0 amide bonds. The number of hydrogen-bond donors (Lipinski definition) is 1. The van der Waals surface area contributed by atoms with E-state index in [1.807, 2.05) is 13.0 Å². The molecule has 0 saturated carbocycles. The molecule has 88 valence electrons. The second-order valence-electron chi connectivity index (χ2n) is 4.58. The van der Waals surface area contributed by atoms with E-state index in [1.165, 1.54) is 5.56 Å². The number of pyridine rings is 1. The lowest BCUT2D eigenvalue weighted by atomic mass is 9.75. The van der Waals surface area contributed by atoms with Crippen LogP contribution >= 0.6 is 0 Å². The summed E-state index contributed by atoms with van der Waals surface area (Å²) in [6.07, 6.45) is 5.14. The zero-order chi connectivity index (χ0) is 11.6. The first-order chi connectivity index (χ1) is 7.71. The fourth-order valence-corrected chi connectivity index (χ4v) is 2.65. The van der Waals surface area contributed by atoms with E-state index in [1.54, 1.807) is 6.20 Å². The Hall–Kier alpha value is -0.960. The summed E-state index contributed by atoms with van der Waals surface area (Å²) in [6.45, 7) is 1.95. The van der Waals surface area contributed by atoms with Crippen molar-refractivity contribution in [2.45, 2.75) is 44.2 Å². The summed E-state index contributed by atoms with van der Waals surface area (Å²) >= 11 is 0. The van der Waals surface area contributed by atoms with Crippen LogP contribution in [0.25, 0.3) is 0 Å². The zero-order valence-electron chi connectivity index (χ0n) is 9.75. The molecule has 0 spiro atoms. The van der Waals surface area contributed by atoms with Crippen molar-refractivity contribution in [2.75, 3.05) is 6.54 Å². The van der Waals surface area contributed by atoms with Crippen LogP contribution in [0.4, 0.5) is 4.39 Å². The standard InChI is InChI=1S/C13H19FN2/c1-2-13(14,9-15)11-7-3-5-10-6-4-8-16-12(10)11/h4,6,8,11H,2-3,5,7,9,15H2,1H3. The summed E-state index contributed by atoms with van der Waals surface area (Å²) < 4.78 is 14.6. The van der Waals surface area contributed by atoms with Gasteiger partial charge in [0, 0.05) is 24.4 Å². The average molecular weight is 222 g/mol. The van der Waals surface area contributed by atoms with Gasteiger partial charge in [0.2, 0.25) is 0 Å². The van der Waals surface area contributed by atoms with Gasteiger partial charge in [-0.05, 0) is 37.3 Å². The minimum Gasteiger partial charge on any atom is -0.328 e. The number of rotatable bonds is 3. The Bertz CT molecular complexity index is 361. The molecule has 2 unspecified atom stereocenters. The molecule has 0 saturated heterocycles. The number of nitrogens with zero attached hydrogens (tertiary/aromatic N) is 1. The number of hydrogen-bond acceptors (Lipinski definition) is 2. The van der Waals surface area contributed by atoms with Crippen molar-refractivity contribution in [2.24, 2.45) is 5.73 Å². The van der Waals surface area contributed by atoms with Crippen LogP contribution in [-0.4, -0.2) is 17.2 Å². The number of fused-ring (bicyclic) bond motifs is 1.